The number of carbonyl (C=O) groups is 1. The molecule has 9 heteroatoms. The number of alkyl halides is 3. The van der Waals surface area contributed by atoms with Gasteiger partial charge in [-0.2, -0.15) is 13.2 Å². The smallest absolute Gasteiger partial charge is 0.408 e. The number of benzene rings is 2. The summed E-state index contributed by atoms with van der Waals surface area (Å²) in [5.74, 6) is -1.12. The highest BCUT2D eigenvalue weighted by Crippen LogP contribution is 2.34. The first-order valence-corrected chi connectivity index (χ1v) is 9.68. The molecule has 1 amide bonds. The van der Waals surface area contributed by atoms with E-state index in [1.807, 2.05) is 4.90 Å². The van der Waals surface area contributed by atoms with Crippen LogP contribution in [0.15, 0.2) is 45.6 Å². The molecule has 1 saturated heterocycles. The Hall–Kier alpha value is -3.23. The van der Waals surface area contributed by atoms with Gasteiger partial charge in [-0.3, -0.25) is 9.78 Å². The molecule has 0 atom stereocenters. The van der Waals surface area contributed by atoms with Crippen molar-refractivity contribution in [2.75, 3.05) is 18.0 Å². The van der Waals surface area contributed by atoms with E-state index in [9.17, 15) is 22.8 Å². The molecule has 3 aromatic rings. The third kappa shape index (κ3) is 4.05. The number of carbonyl (C=O) groups excluding carboxylic acids is 1. The first-order valence-electron chi connectivity index (χ1n) is 9.68. The number of aromatic nitrogens is 1. The van der Waals surface area contributed by atoms with Crippen LogP contribution in [0.2, 0.25) is 0 Å². The van der Waals surface area contributed by atoms with Gasteiger partial charge in [0.25, 0.3) is 5.91 Å². The van der Waals surface area contributed by atoms with Crippen molar-refractivity contribution < 1.29 is 22.4 Å². The molecular formula is C21H20F3N3O3. The predicted octanol–water partition coefficient (Wildman–Crippen LogP) is 4.06. The van der Waals surface area contributed by atoms with Crippen molar-refractivity contribution in [3.8, 4) is 0 Å². The van der Waals surface area contributed by atoms with Gasteiger partial charge < -0.3 is 14.6 Å². The summed E-state index contributed by atoms with van der Waals surface area (Å²) in [7, 11) is 0. The van der Waals surface area contributed by atoms with Crippen LogP contribution in [0.5, 0.6) is 0 Å². The first kappa shape index (κ1) is 20.1. The molecule has 0 bridgehead atoms. The Balaban J connectivity index is 1.60. The average molecular weight is 419 g/mol. The lowest BCUT2D eigenvalue weighted by atomic mass is 10.0. The summed E-state index contributed by atoms with van der Waals surface area (Å²) in [5, 5.41) is 2.74. The molecule has 1 aliphatic heterocycles. The molecular weight excluding hydrogens is 399 g/mol. The molecule has 1 fully saturated rings. The number of oxazole rings is 1. The van der Waals surface area contributed by atoms with Crippen LogP contribution >= 0.6 is 0 Å². The maximum absolute atomic E-state index is 13.2. The van der Waals surface area contributed by atoms with Gasteiger partial charge in [0.15, 0.2) is 5.58 Å². The van der Waals surface area contributed by atoms with Crippen LogP contribution < -0.4 is 16.0 Å². The second-order valence-corrected chi connectivity index (χ2v) is 7.26. The molecule has 0 unspecified atom stereocenters. The number of hydrogen-bond acceptors (Lipinski definition) is 4. The zero-order valence-electron chi connectivity index (χ0n) is 16.0. The molecule has 2 N–H and O–H groups in total. The second-order valence-electron chi connectivity index (χ2n) is 7.26. The van der Waals surface area contributed by atoms with Gasteiger partial charge in [-0.1, -0.05) is 12.1 Å². The molecule has 2 aromatic carbocycles. The van der Waals surface area contributed by atoms with Crippen molar-refractivity contribution in [1.82, 2.24) is 10.3 Å². The summed E-state index contributed by atoms with van der Waals surface area (Å²) in [6.07, 6.45) is -1.56. The van der Waals surface area contributed by atoms with Gasteiger partial charge in [0.2, 0.25) is 0 Å². The topological polar surface area (TPSA) is 78.3 Å². The number of fused-ring (bicyclic) bond motifs is 1. The zero-order chi connectivity index (χ0) is 21.3. The van der Waals surface area contributed by atoms with E-state index in [4.69, 9.17) is 4.42 Å². The fourth-order valence-electron chi connectivity index (χ4n) is 3.75. The number of hydrogen-bond donors (Lipinski definition) is 2. The Morgan fingerprint density at radius 3 is 2.63 bits per heavy atom. The van der Waals surface area contributed by atoms with E-state index in [0.717, 1.165) is 31.4 Å². The summed E-state index contributed by atoms with van der Waals surface area (Å²) in [5.41, 5.74) is 1.15. The Bertz CT molecular complexity index is 1130. The average Bonchev–Trinajstić information content (AvgIpc) is 3.12. The normalized spacial score (nSPS) is 14.8. The molecule has 158 valence electrons. The van der Waals surface area contributed by atoms with Gasteiger partial charge in [0.1, 0.15) is 0 Å². The molecule has 0 radical (unpaired) electrons. The minimum atomic E-state index is -4.44. The number of halogens is 3. The Kier molecular flexibility index (Phi) is 5.27. The SMILES string of the molecule is O=C(NCc1ccc(C(F)(F)F)cc1N1CCCCC1)c1cccc2oc(=O)[nH]c12. The first-order chi connectivity index (χ1) is 14.3. The molecule has 0 saturated carbocycles. The number of piperidine rings is 1. The largest absolute Gasteiger partial charge is 0.417 e. The highest BCUT2D eigenvalue weighted by Gasteiger charge is 2.32. The van der Waals surface area contributed by atoms with Crippen LogP contribution in [-0.4, -0.2) is 24.0 Å². The van der Waals surface area contributed by atoms with Crippen molar-refractivity contribution in [2.24, 2.45) is 0 Å². The van der Waals surface area contributed by atoms with Crippen molar-refractivity contribution >= 4 is 22.7 Å². The maximum atomic E-state index is 13.2. The van der Waals surface area contributed by atoms with Crippen molar-refractivity contribution in [2.45, 2.75) is 32.0 Å². The van der Waals surface area contributed by atoms with Gasteiger partial charge in [-0.05, 0) is 49.1 Å². The number of nitrogens with zero attached hydrogens (tertiary/aromatic N) is 1. The Morgan fingerprint density at radius 1 is 1.13 bits per heavy atom. The lowest BCUT2D eigenvalue weighted by molar-refractivity contribution is -0.137. The quantitative estimate of drug-likeness (QED) is 0.669. The van der Waals surface area contributed by atoms with Crippen LogP contribution in [0.3, 0.4) is 0 Å². The molecule has 0 spiro atoms. The Labute approximate surface area is 169 Å². The molecule has 30 heavy (non-hydrogen) atoms. The van der Waals surface area contributed by atoms with E-state index in [0.29, 0.717) is 24.3 Å². The van der Waals surface area contributed by atoms with E-state index in [2.05, 4.69) is 10.3 Å². The summed E-state index contributed by atoms with van der Waals surface area (Å²) in [6, 6.07) is 8.29. The number of aromatic amines is 1. The monoisotopic (exact) mass is 419 g/mol. The highest BCUT2D eigenvalue weighted by atomic mass is 19.4. The van der Waals surface area contributed by atoms with Crippen LogP contribution in [0.25, 0.3) is 11.1 Å². The standard InChI is InChI=1S/C21H20F3N3O3/c22-21(23,24)14-8-7-13(16(11-14)27-9-2-1-3-10-27)12-25-19(28)15-5-4-6-17-18(15)26-20(29)30-17/h4-8,11H,1-3,9-10,12H2,(H,25,28)(H,26,29). The highest BCUT2D eigenvalue weighted by molar-refractivity contribution is 6.04. The van der Waals surface area contributed by atoms with E-state index in [-0.39, 0.29) is 23.2 Å². The predicted molar refractivity (Wildman–Crippen MR) is 106 cm³/mol. The van der Waals surface area contributed by atoms with Crippen molar-refractivity contribution in [1.29, 1.82) is 0 Å². The number of para-hydroxylation sites is 1. The molecule has 0 aliphatic carbocycles. The van der Waals surface area contributed by atoms with Gasteiger partial charge >= 0.3 is 11.9 Å². The van der Waals surface area contributed by atoms with Crippen LogP contribution in [0.4, 0.5) is 18.9 Å². The molecule has 2 heterocycles. The van der Waals surface area contributed by atoms with E-state index in [1.54, 1.807) is 18.2 Å². The van der Waals surface area contributed by atoms with E-state index in [1.165, 1.54) is 6.07 Å². The van der Waals surface area contributed by atoms with E-state index >= 15 is 0 Å². The van der Waals surface area contributed by atoms with E-state index < -0.39 is 23.4 Å². The molecule has 4 rings (SSSR count). The molecule has 1 aromatic heterocycles. The summed E-state index contributed by atoms with van der Waals surface area (Å²) in [4.78, 5) is 28.5. The number of anilines is 1. The second kappa shape index (κ2) is 7.89. The fourth-order valence-corrected chi connectivity index (χ4v) is 3.75. The van der Waals surface area contributed by atoms with Crippen LogP contribution in [-0.2, 0) is 12.7 Å². The number of nitrogens with one attached hydrogen (secondary N) is 2. The van der Waals surface area contributed by atoms with Gasteiger partial charge in [-0.15, -0.1) is 0 Å². The molecule has 1 aliphatic rings. The lowest BCUT2D eigenvalue weighted by Gasteiger charge is -2.31. The van der Waals surface area contributed by atoms with Crippen LogP contribution in [0, 0.1) is 0 Å². The summed E-state index contributed by atoms with van der Waals surface area (Å²) in [6.45, 7) is 1.41. The minimum absolute atomic E-state index is 0.0568. The van der Waals surface area contributed by atoms with Gasteiger partial charge in [-0.25, -0.2) is 4.79 Å². The number of amides is 1. The van der Waals surface area contributed by atoms with Gasteiger partial charge in [0, 0.05) is 25.3 Å². The minimum Gasteiger partial charge on any atom is -0.408 e. The third-order valence-corrected chi connectivity index (χ3v) is 5.25. The lowest BCUT2D eigenvalue weighted by Crippen LogP contribution is -2.32. The van der Waals surface area contributed by atoms with Gasteiger partial charge in [0.05, 0.1) is 16.6 Å². The third-order valence-electron chi connectivity index (χ3n) is 5.25. The molecule has 6 nitrogen and oxygen atoms in total. The van der Waals surface area contributed by atoms with Crippen molar-refractivity contribution in [3.05, 3.63) is 63.6 Å². The van der Waals surface area contributed by atoms with Crippen LogP contribution in [0.1, 0.15) is 40.7 Å². The summed E-state index contributed by atoms with van der Waals surface area (Å²) >= 11 is 0. The summed E-state index contributed by atoms with van der Waals surface area (Å²) < 4.78 is 44.6. The maximum Gasteiger partial charge on any atom is 0.417 e. The fraction of sp³-hybridized carbons (Fsp3) is 0.333. The number of rotatable bonds is 4. The number of H-pyrrole nitrogens is 1. The Morgan fingerprint density at radius 2 is 1.90 bits per heavy atom. The zero-order valence-corrected chi connectivity index (χ0v) is 16.0. The van der Waals surface area contributed by atoms with Crippen molar-refractivity contribution in [3.63, 3.8) is 0 Å².